The third kappa shape index (κ3) is 2.27. The van der Waals surface area contributed by atoms with Gasteiger partial charge < -0.3 is 10.6 Å². The lowest BCUT2D eigenvalue weighted by Crippen LogP contribution is -2.45. The molecule has 1 aromatic rings. The van der Waals surface area contributed by atoms with Crippen LogP contribution in [0.1, 0.15) is 13.8 Å². The van der Waals surface area contributed by atoms with Crippen LogP contribution in [0.5, 0.6) is 0 Å². The first kappa shape index (κ1) is 12.0. The molecule has 0 bridgehead atoms. The molecule has 6 heteroatoms. The van der Waals surface area contributed by atoms with Crippen molar-refractivity contribution < 1.29 is 0 Å². The smallest absolute Gasteiger partial charge is 0.222 e. The van der Waals surface area contributed by atoms with Crippen LogP contribution in [0.3, 0.4) is 0 Å². The van der Waals surface area contributed by atoms with Crippen molar-refractivity contribution in [3.05, 3.63) is 10.7 Å². The van der Waals surface area contributed by atoms with Crippen LogP contribution in [0, 0.1) is 0 Å². The Morgan fingerprint density at radius 2 is 2.31 bits per heavy atom. The Bertz CT molecular complexity index is 387. The molecule has 1 fully saturated rings. The standard InChI is InChI=1S/C10H15BrN4S/c1-6-7(2)16-4-3-15(6)9-8(11)5-13-10(12)14-9/h5-7H,3-4H2,1-2H3,(H2,12,13,14). The Labute approximate surface area is 108 Å². The first-order valence-corrected chi connectivity index (χ1v) is 7.10. The highest BCUT2D eigenvalue weighted by Crippen LogP contribution is 2.32. The van der Waals surface area contributed by atoms with Crippen molar-refractivity contribution in [3.63, 3.8) is 0 Å². The average molecular weight is 303 g/mol. The lowest BCUT2D eigenvalue weighted by atomic mass is 10.2. The lowest BCUT2D eigenvalue weighted by Gasteiger charge is -2.38. The van der Waals surface area contributed by atoms with E-state index in [2.05, 4.69) is 44.6 Å². The summed E-state index contributed by atoms with van der Waals surface area (Å²) in [5.41, 5.74) is 5.64. The van der Waals surface area contributed by atoms with Crippen molar-refractivity contribution in [2.45, 2.75) is 25.1 Å². The van der Waals surface area contributed by atoms with Gasteiger partial charge in [0.05, 0.1) is 4.47 Å². The summed E-state index contributed by atoms with van der Waals surface area (Å²) < 4.78 is 0.910. The van der Waals surface area contributed by atoms with Crippen LogP contribution in [0.4, 0.5) is 11.8 Å². The van der Waals surface area contributed by atoms with Crippen molar-refractivity contribution in [1.82, 2.24) is 9.97 Å². The maximum absolute atomic E-state index is 5.64. The second-order valence-corrected chi connectivity index (χ2v) is 6.25. The summed E-state index contributed by atoms with van der Waals surface area (Å²) in [5, 5.41) is 0.608. The van der Waals surface area contributed by atoms with E-state index in [1.165, 1.54) is 0 Å². The minimum atomic E-state index is 0.330. The van der Waals surface area contributed by atoms with Gasteiger partial charge >= 0.3 is 0 Å². The number of aromatic nitrogens is 2. The number of hydrogen-bond acceptors (Lipinski definition) is 5. The van der Waals surface area contributed by atoms with E-state index in [-0.39, 0.29) is 0 Å². The Balaban J connectivity index is 2.31. The van der Waals surface area contributed by atoms with Gasteiger partial charge in [0.15, 0.2) is 0 Å². The highest BCUT2D eigenvalue weighted by Gasteiger charge is 2.27. The highest BCUT2D eigenvalue weighted by molar-refractivity contribution is 9.10. The van der Waals surface area contributed by atoms with Crippen LogP contribution in [0.15, 0.2) is 10.7 Å². The number of anilines is 2. The number of nitrogens with two attached hydrogens (primary N) is 1. The van der Waals surface area contributed by atoms with Crippen LogP contribution >= 0.6 is 27.7 Å². The van der Waals surface area contributed by atoms with Crippen molar-refractivity contribution in [2.75, 3.05) is 22.9 Å². The molecule has 2 heterocycles. The minimum absolute atomic E-state index is 0.330. The number of rotatable bonds is 1. The number of halogens is 1. The van der Waals surface area contributed by atoms with Gasteiger partial charge in [0.2, 0.25) is 5.95 Å². The topological polar surface area (TPSA) is 55.0 Å². The summed E-state index contributed by atoms with van der Waals surface area (Å²) in [5.74, 6) is 2.37. The fourth-order valence-electron chi connectivity index (χ4n) is 1.80. The Morgan fingerprint density at radius 3 is 3.06 bits per heavy atom. The molecule has 2 unspecified atom stereocenters. The third-order valence-corrected chi connectivity index (χ3v) is 4.80. The molecule has 88 valence electrons. The maximum atomic E-state index is 5.64. The molecular weight excluding hydrogens is 288 g/mol. The Morgan fingerprint density at radius 1 is 1.56 bits per heavy atom. The normalized spacial score (nSPS) is 25.8. The molecule has 0 amide bonds. The van der Waals surface area contributed by atoms with Gasteiger partial charge in [0.25, 0.3) is 0 Å². The molecule has 2 rings (SSSR count). The maximum Gasteiger partial charge on any atom is 0.222 e. The van der Waals surface area contributed by atoms with Crippen LogP contribution < -0.4 is 10.6 Å². The van der Waals surface area contributed by atoms with Crippen molar-refractivity contribution in [1.29, 1.82) is 0 Å². The van der Waals surface area contributed by atoms with E-state index >= 15 is 0 Å². The molecule has 2 atom stereocenters. The first-order chi connectivity index (χ1) is 7.59. The largest absolute Gasteiger partial charge is 0.368 e. The van der Waals surface area contributed by atoms with Gasteiger partial charge in [-0.25, -0.2) is 4.98 Å². The molecule has 0 radical (unpaired) electrons. The van der Waals surface area contributed by atoms with E-state index in [4.69, 9.17) is 5.73 Å². The van der Waals surface area contributed by atoms with Gasteiger partial charge in [-0.05, 0) is 22.9 Å². The van der Waals surface area contributed by atoms with E-state index in [1.807, 2.05) is 11.8 Å². The number of nitrogen functional groups attached to an aromatic ring is 1. The van der Waals surface area contributed by atoms with Crippen LogP contribution in [0.25, 0.3) is 0 Å². The predicted molar refractivity (Wildman–Crippen MR) is 72.9 cm³/mol. The average Bonchev–Trinajstić information content (AvgIpc) is 2.26. The van der Waals surface area contributed by atoms with E-state index in [0.29, 0.717) is 17.2 Å². The lowest BCUT2D eigenvalue weighted by molar-refractivity contribution is 0.619. The third-order valence-electron chi connectivity index (χ3n) is 2.90. The molecule has 4 nitrogen and oxygen atoms in total. The van der Waals surface area contributed by atoms with Gasteiger partial charge in [-0.2, -0.15) is 16.7 Å². The Kier molecular flexibility index (Phi) is 3.59. The molecule has 16 heavy (non-hydrogen) atoms. The monoisotopic (exact) mass is 302 g/mol. The van der Waals surface area contributed by atoms with Gasteiger partial charge in [0, 0.05) is 29.8 Å². The van der Waals surface area contributed by atoms with Crippen LogP contribution in [0.2, 0.25) is 0 Å². The fourth-order valence-corrected chi connectivity index (χ4v) is 3.32. The molecule has 0 aromatic carbocycles. The van der Waals surface area contributed by atoms with Crippen LogP contribution in [-0.4, -0.2) is 33.6 Å². The SMILES string of the molecule is CC1SCCN(c2nc(N)ncc2Br)C1C. The zero-order valence-electron chi connectivity index (χ0n) is 9.35. The molecular formula is C10H15BrN4S. The quantitative estimate of drug-likeness (QED) is 0.861. The summed E-state index contributed by atoms with van der Waals surface area (Å²) in [6.07, 6.45) is 1.72. The molecule has 1 aromatic heterocycles. The number of hydrogen-bond donors (Lipinski definition) is 1. The minimum Gasteiger partial charge on any atom is -0.368 e. The van der Waals surface area contributed by atoms with Crippen LogP contribution in [-0.2, 0) is 0 Å². The molecule has 0 aliphatic carbocycles. The van der Waals surface area contributed by atoms with Crippen molar-refractivity contribution in [2.24, 2.45) is 0 Å². The molecule has 2 N–H and O–H groups in total. The van der Waals surface area contributed by atoms with E-state index in [9.17, 15) is 0 Å². The molecule has 0 spiro atoms. The van der Waals surface area contributed by atoms with Gasteiger partial charge in [-0.15, -0.1) is 0 Å². The molecule has 1 aliphatic heterocycles. The van der Waals surface area contributed by atoms with Gasteiger partial charge in [-0.3, -0.25) is 0 Å². The first-order valence-electron chi connectivity index (χ1n) is 5.26. The summed E-state index contributed by atoms with van der Waals surface area (Å²) in [6, 6.07) is 0.462. The van der Waals surface area contributed by atoms with E-state index < -0.39 is 0 Å². The summed E-state index contributed by atoms with van der Waals surface area (Å²) in [7, 11) is 0. The zero-order valence-corrected chi connectivity index (χ0v) is 11.8. The zero-order chi connectivity index (χ0) is 11.7. The molecule has 1 aliphatic rings. The molecule has 1 saturated heterocycles. The van der Waals surface area contributed by atoms with E-state index in [1.54, 1.807) is 6.20 Å². The summed E-state index contributed by atoms with van der Waals surface area (Å²) >= 11 is 5.49. The Hall–Kier alpha value is -0.490. The van der Waals surface area contributed by atoms with Crippen molar-refractivity contribution in [3.8, 4) is 0 Å². The summed E-state index contributed by atoms with van der Waals surface area (Å²) in [4.78, 5) is 10.6. The second-order valence-electron chi connectivity index (χ2n) is 3.91. The van der Waals surface area contributed by atoms with Gasteiger partial charge in [0.1, 0.15) is 5.82 Å². The molecule has 0 saturated carbocycles. The predicted octanol–water partition coefficient (Wildman–Crippen LogP) is 2.15. The fraction of sp³-hybridized carbons (Fsp3) is 0.600. The second kappa shape index (κ2) is 4.79. The number of thioether (sulfide) groups is 1. The van der Waals surface area contributed by atoms with E-state index in [0.717, 1.165) is 22.6 Å². The summed E-state index contributed by atoms with van der Waals surface area (Å²) in [6.45, 7) is 5.48. The number of nitrogens with zero attached hydrogens (tertiary/aromatic N) is 3. The highest BCUT2D eigenvalue weighted by atomic mass is 79.9. The van der Waals surface area contributed by atoms with Crippen molar-refractivity contribution >= 4 is 39.5 Å². The van der Waals surface area contributed by atoms with Gasteiger partial charge in [-0.1, -0.05) is 6.92 Å².